The van der Waals surface area contributed by atoms with Crippen LogP contribution in [0.5, 0.6) is 17.2 Å². The summed E-state index contributed by atoms with van der Waals surface area (Å²) in [6.07, 6.45) is -4.74. The van der Waals surface area contributed by atoms with Crippen LogP contribution < -0.4 is 9.47 Å². The van der Waals surface area contributed by atoms with Crippen molar-refractivity contribution in [3.05, 3.63) is 53.4 Å². The summed E-state index contributed by atoms with van der Waals surface area (Å²) in [5.74, 6) is 0.0557. The molecule has 0 radical (unpaired) electrons. The van der Waals surface area contributed by atoms with E-state index in [1.54, 1.807) is 18.2 Å². The summed E-state index contributed by atoms with van der Waals surface area (Å²) in [6, 6.07) is 12.1. The van der Waals surface area contributed by atoms with Crippen molar-refractivity contribution < 1.29 is 32.2 Å². The van der Waals surface area contributed by atoms with Gasteiger partial charge in [-0.05, 0) is 41.8 Å². The Bertz CT molecular complexity index is 900. The Morgan fingerprint density at radius 1 is 1.04 bits per heavy atom. The molecule has 0 fully saturated rings. The lowest BCUT2D eigenvalue weighted by molar-refractivity contribution is -0.274. The fourth-order valence-corrected chi connectivity index (χ4v) is 3.18. The summed E-state index contributed by atoms with van der Waals surface area (Å²) in [5.41, 5.74) is 0. The Kier molecular flexibility index (Phi) is 4.54. The number of methoxy groups -OCH3 is 1. The first kappa shape index (κ1) is 17.1. The van der Waals surface area contributed by atoms with Crippen LogP contribution in [0.4, 0.5) is 13.2 Å². The molecule has 0 amide bonds. The normalized spacial score (nSPS) is 11.4. The molecule has 8 heteroatoms. The Labute approximate surface area is 144 Å². The van der Waals surface area contributed by atoms with Gasteiger partial charge in [0.15, 0.2) is 0 Å². The maximum Gasteiger partial charge on any atom is 0.573 e. The maximum absolute atomic E-state index is 12.2. The van der Waals surface area contributed by atoms with Gasteiger partial charge < -0.3 is 14.2 Å². The van der Waals surface area contributed by atoms with E-state index in [1.165, 1.54) is 30.6 Å². The number of fused-ring (bicyclic) bond motifs is 1. The number of hydrogen-bond donors (Lipinski definition) is 0. The molecule has 25 heavy (non-hydrogen) atoms. The Morgan fingerprint density at radius 2 is 1.72 bits per heavy atom. The van der Waals surface area contributed by atoms with Crippen molar-refractivity contribution in [2.45, 2.75) is 6.36 Å². The molecule has 2 aromatic carbocycles. The van der Waals surface area contributed by atoms with Gasteiger partial charge in [-0.1, -0.05) is 12.1 Å². The van der Waals surface area contributed by atoms with E-state index < -0.39 is 12.3 Å². The highest BCUT2D eigenvalue weighted by atomic mass is 32.1. The standard InChI is InChI=1S/C17H11F3O4S/c1-22-16(21)14-9-10-3-2-4-13(15(10)25-14)23-11-5-7-12(8-6-11)24-17(18,19)20/h2-9H,1H3. The predicted octanol–water partition coefficient (Wildman–Crippen LogP) is 5.38. The van der Waals surface area contributed by atoms with Crippen LogP contribution in [-0.2, 0) is 4.74 Å². The molecule has 130 valence electrons. The first-order valence-electron chi connectivity index (χ1n) is 7.00. The molecule has 0 unspecified atom stereocenters. The van der Waals surface area contributed by atoms with E-state index in [4.69, 9.17) is 9.47 Å². The van der Waals surface area contributed by atoms with Gasteiger partial charge in [-0.25, -0.2) is 4.79 Å². The van der Waals surface area contributed by atoms with E-state index in [0.29, 0.717) is 16.4 Å². The molecule has 3 aromatic rings. The Balaban J connectivity index is 1.85. The lowest BCUT2D eigenvalue weighted by Gasteiger charge is -2.10. The van der Waals surface area contributed by atoms with Gasteiger partial charge >= 0.3 is 12.3 Å². The van der Waals surface area contributed by atoms with E-state index in [0.717, 1.165) is 22.2 Å². The monoisotopic (exact) mass is 368 g/mol. The van der Waals surface area contributed by atoms with Crippen molar-refractivity contribution >= 4 is 27.4 Å². The highest BCUT2D eigenvalue weighted by molar-refractivity contribution is 7.21. The SMILES string of the molecule is COC(=O)c1cc2cccc(Oc3ccc(OC(F)(F)F)cc3)c2s1. The topological polar surface area (TPSA) is 44.8 Å². The average molecular weight is 368 g/mol. The first-order chi connectivity index (χ1) is 11.9. The second-order valence-corrected chi connectivity index (χ2v) is 5.95. The van der Waals surface area contributed by atoms with Crippen LogP contribution in [0.3, 0.4) is 0 Å². The van der Waals surface area contributed by atoms with Gasteiger partial charge in [0.1, 0.15) is 22.1 Å². The molecule has 1 heterocycles. The average Bonchev–Trinajstić information content (AvgIpc) is 3.00. The number of halogens is 3. The van der Waals surface area contributed by atoms with Gasteiger partial charge in [-0.15, -0.1) is 24.5 Å². The minimum absolute atomic E-state index is 0.331. The second-order valence-electron chi connectivity index (χ2n) is 4.90. The number of esters is 1. The van der Waals surface area contributed by atoms with E-state index in [9.17, 15) is 18.0 Å². The number of alkyl halides is 3. The van der Waals surface area contributed by atoms with Gasteiger partial charge in [0, 0.05) is 0 Å². The molecule has 0 aliphatic rings. The smallest absolute Gasteiger partial charge is 0.465 e. The van der Waals surface area contributed by atoms with Crippen molar-refractivity contribution in [3.8, 4) is 17.2 Å². The summed E-state index contributed by atoms with van der Waals surface area (Å²) in [4.78, 5) is 12.1. The van der Waals surface area contributed by atoms with Crippen LogP contribution >= 0.6 is 11.3 Å². The van der Waals surface area contributed by atoms with Crippen LogP contribution in [-0.4, -0.2) is 19.4 Å². The zero-order valence-corrected chi connectivity index (χ0v) is 13.6. The molecule has 0 saturated heterocycles. The van der Waals surface area contributed by atoms with E-state index >= 15 is 0 Å². The lowest BCUT2D eigenvalue weighted by atomic mass is 10.2. The summed E-state index contributed by atoms with van der Waals surface area (Å²) >= 11 is 1.21. The number of thiophene rings is 1. The molecule has 0 aliphatic heterocycles. The minimum Gasteiger partial charge on any atom is -0.465 e. The fraction of sp³-hybridized carbons (Fsp3) is 0.118. The second kappa shape index (κ2) is 6.64. The summed E-state index contributed by atoms with van der Waals surface area (Å²) in [5, 5.41) is 0.805. The number of hydrogen-bond acceptors (Lipinski definition) is 5. The molecule has 4 nitrogen and oxygen atoms in total. The largest absolute Gasteiger partial charge is 0.573 e. The van der Waals surface area contributed by atoms with Crippen molar-refractivity contribution in [3.63, 3.8) is 0 Å². The molecule has 0 saturated carbocycles. The number of ether oxygens (including phenoxy) is 3. The van der Waals surface area contributed by atoms with E-state index in [-0.39, 0.29) is 5.75 Å². The van der Waals surface area contributed by atoms with Crippen LogP contribution in [0, 0.1) is 0 Å². The third-order valence-electron chi connectivity index (χ3n) is 3.18. The molecule has 0 bridgehead atoms. The summed E-state index contributed by atoms with van der Waals surface area (Å²) < 4.78 is 51.5. The molecule has 3 rings (SSSR count). The number of carbonyl (C=O) groups excluding carboxylic acids is 1. The zero-order valence-electron chi connectivity index (χ0n) is 12.8. The van der Waals surface area contributed by atoms with Crippen molar-refractivity contribution in [1.29, 1.82) is 0 Å². The highest BCUT2D eigenvalue weighted by Crippen LogP contribution is 2.36. The number of carbonyl (C=O) groups is 1. The molecule has 0 aliphatic carbocycles. The van der Waals surface area contributed by atoms with Crippen LogP contribution in [0.15, 0.2) is 48.5 Å². The third-order valence-corrected chi connectivity index (χ3v) is 4.33. The summed E-state index contributed by atoms with van der Waals surface area (Å²) in [7, 11) is 1.30. The third kappa shape index (κ3) is 4.03. The number of benzene rings is 2. The van der Waals surface area contributed by atoms with Crippen LogP contribution in [0.1, 0.15) is 9.67 Å². The highest BCUT2D eigenvalue weighted by Gasteiger charge is 2.31. The fourth-order valence-electron chi connectivity index (χ4n) is 2.15. The Hall–Kier alpha value is -2.74. The molecule has 0 N–H and O–H groups in total. The van der Waals surface area contributed by atoms with Crippen LogP contribution in [0.25, 0.3) is 10.1 Å². The molecule has 1 aromatic heterocycles. The van der Waals surface area contributed by atoms with Gasteiger partial charge in [0.2, 0.25) is 0 Å². The van der Waals surface area contributed by atoms with Gasteiger partial charge in [0.05, 0.1) is 11.8 Å². The summed E-state index contributed by atoms with van der Waals surface area (Å²) in [6.45, 7) is 0. The van der Waals surface area contributed by atoms with Gasteiger partial charge in [-0.2, -0.15) is 0 Å². The van der Waals surface area contributed by atoms with Crippen molar-refractivity contribution in [2.75, 3.05) is 7.11 Å². The molecule has 0 atom stereocenters. The molecular formula is C17H11F3O4S. The first-order valence-corrected chi connectivity index (χ1v) is 7.82. The van der Waals surface area contributed by atoms with Gasteiger partial charge in [0.25, 0.3) is 0 Å². The van der Waals surface area contributed by atoms with Gasteiger partial charge in [-0.3, -0.25) is 0 Å². The maximum atomic E-state index is 12.2. The van der Waals surface area contributed by atoms with E-state index in [2.05, 4.69) is 4.74 Å². The lowest BCUT2D eigenvalue weighted by Crippen LogP contribution is -2.16. The molecular weight excluding hydrogens is 357 g/mol. The van der Waals surface area contributed by atoms with Crippen LogP contribution in [0.2, 0.25) is 0 Å². The van der Waals surface area contributed by atoms with E-state index in [1.807, 2.05) is 6.07 Å². The zero-order chi connectivity index (χ0) is 18.0. The minimum atomic E-state index is -4.74. The van der Waals surface area contributed by atoms with Crippen molar-refractivity contribution in [1.82, 2.24) is 0 Å². The number of rotatable bonds is 4. The molecule has 0 spiro atoms. The quantitative estimate of drug-likeness (QED) is 0.580. The predicted molar refractivity (Wildman–Crippen MR) is 86.4 cm³/mol. The van der Waals surface area contributed by atoms with Crippen molar-refractivity contribution in [2.24, 2.45) is 0 Å². The Morgan fingerprint density at radius 3 is 2.36 bits per heavy atom.